The number of morpholine rings is 1. The van der Waals surface area contributed by atoms with Gasteiger partial charge in [0.1, 0.15) is 17.5 Å². The van der Waals surface area contributed by atoms with Crippen LogP contribution in [0.15, 0.2) is 72.1 Å². The van der Waals surface area contributed by atoms with E-state index < -0.39 is 11.6 Å². The first-order valence-electron chi connectivity index (χ1n) is 13.7. The molecule has 220 valence electrons. The van der Waals surface area contributed by atoms with Gasteiger partial charge in [-0.15, -0.1) is 11.3 Å². The Morgan fingerprint density at radius 2 is 1.77 bits per heavy atom. The Labute approximate surface area is 256 Å². The summed E-state index contributed by atoms with van der Waals surface area (Å²) in [6, 6.07) is 11.4. The molecule has 6 rings (SSSR count). The van der Waals surface area contributed by atoms with E-state index in [1.807, 2.05) is 24.3 Å². The van der Waals surface area contributed by atoms with Crippen LogP contribution in [0.25, 0.3) is 21.8 Å². The van der Waals surface area contributed by atoms with E-state index in [0.29, 0.717) is 36.2 Å². The van der Waals surface area contributed by atoms with Crippen molar-refractivity contribution < 1.29 is 13.5 Å². The predicted octanol–water partition coefficient (Wildman–Crippen LogP) is 7.16. The standard InChI is InChI=1S/C30H28F2N8OS2/c1-18(2)29-38-26(19-14-21(16-33-15-19)39-43-27-22(31)4-3-5-23(27)32)28(42-29)24-8-9-34-30(37-24)36-20-6-7-25(35-17-20)40-10-12-41-13-11-40/h3-9,14-18,39H,10-13H2,1-2H3,(H,34,36,37). The second kappa shape index (κ2) is 13.0. The zero-order valence-electron chi connectivity index (χ0n) is 23.4. The zero-order valence-corrected chi connectivity index (χ0v) is 25.1. The van der Waals surface area contributed by atoms with Gasteiger partial charge in [0.25, 0.3) is 0 Å². The van der Waals surface area contributed by atoms with Gasteiger partial charge in [0.05, 0.1) is 63.2 Å². The maximum absolute atomic E-state index is 14.1. The second-order valence-electron chi connectivity index (χ2n) is 10.00. The van der Waals surface area contributed by atoms with Crippen LogP contribution in [-0.2, 0) is 4.74 Å². The highest BCUT2D eigenvalue weighted by molar-refractivity contribution is 8.00. The van der Waals surface area contributed by atoms with Gasteiger partial charge in [0.2, 0.25) is 5.95 Å². The van der Waals surface area contributed by atoms with Gasteiger partial charge in [-0.1, -0.05) is 19.9 Å². The number of halogens is 2. The van der Waals surface area contributed by atoms with Crippen molar-refractivity contribution in [2.45, 2.75) is 24.7 Å². The van der Waals surface area contributed by atoms with Gasteiger partial charge >= 0.3 is 0 Å². The first-order valence-corrected chi connectivity index (χ1v) is 15.3. The highest BCUT2D eigenvalue weighted by atomic mass is 32.2. The van der Waals surface area contributed by atoms with E-state index in [0.717, 1.165) is 52.0 Å². The summed E-state index contributed by atoms with van der Waals surface area (Å²) in [6.45, 7) is 7.20. The minimum Gasteiger partial charge on any atom is -0.378 e. The van der Waals surface area contributed by atoms with Crippen LogP contribution in [-0.4, -0.2) is 51.2 Å². The van der Waals surface area contributed by atoms with E-state index in [4.69, 9.17) is 14.7 Å². The summed E-state index contributed by atoms with van der Waals surface area (Å²) in [5.41, 5.74) is 3.51. The molecule has 0 spiro atoms. The van der Waals surface area contributed by atoms with Crippen LogP contribution in [0.1, 0.15) is 24.8 Å². The molecule has 0 atom stereocenters. The van der Waals surface area contributed by atoms with Crippen molar-refractivity contribution in [1.29, 1.82) is 0 Å². The lowest BCUT2D eigenvalue weighted by Crippen LogP contribution is -2.36. The smallest absolute Gasteiger partial charge is 0.227 e. The monoisotopic (exact) mass is 618 g/mol. The van der Waals surface area contributed by atoms with E-state index in [1.54, 1.807) is 36.1 Å². The molecule has 43 heavy (non-hydrogen) atoms. The summed E-state index contributed by atoms with van der Waals surface area (Å²) in [7, 11) is 0. The fourth-order valence-corrected chi connectivity index (χ4v) is 6.10. The van der Waals surface area contributed by atoms with Crippen molar-refractivity contribution in [3.05, 3.63) is 83.9 Å². The summed E-state index contributed by atoms with van der Waals surface area (Å²) in [5, 5.41) is 4.20. The third-order valence-corrected chi connectivity index (χ3v) is 8.88. The van der Waals surface area contributed by atoms with Gasteiger partial charge in [-0.2, -0.15) is 0 Å². The number of hydrogen-bond donors (Lipinski definition) is 2. The number of rotatable bonds is 9. The van der Waals surface area contributed by atoms with Crippen molar-refractivity contribution in [3.63, 3.8) is 0 Å². The number of benzene rings is 1. The van der Waals surface area contributed by atoms with Crippen molar-refractivity contribution in [2.75, 3.05) is 41.2 Å². The maximum atomic E-state index is 14.1. The molecule has 0 bridgehead atoms. The second-order valence-corrected chi connectivity index (χ2v) is 11.8. The van der Waals surface area contributed by atoms with E-state index in [9.17, 15) is 8.78 Å². The van der Waals surface area contributed by atoms with Crippen LogP contribution >= 0.6 is 23.3 Å². The Balaban J connectivity index is 1.25. The Hall–Kier alpha value is -4.20. The summed E-state index contributed by atoms with van der Waals surface area (Å²) >= 11 is 2.41. The van der Waals surface area contributed by atoms with Crippen LogP contribution in [0.4, 0.5) is 31.9 Å². The van der Waals surface area contributed by atoms with Gasteiger partial charge in [0.15, 0.2) is 0 Å². The molecule has 2 N–H and O–H groups in total. The lowest BCUT2D eigenvalue weighted by Gasteiger charge is -2.27. The van der Waals surface area contributed by atoms with Gasteiger partial charge in [-0.3, -0.25) is 4.98 Å². The minimum atomic E-state index is -0.637. The quantitative estimate of drug-likeness (QED) is 0.166. The van der Waals surface area contributed by atoms with Crippen molar-refractivity contribution >= 4 is 46.4 Å². The van der Waals surface area contributed by atoms with Crippen LogP contribution < -0.4 is 14.9 Å². The van der Waals surface area contributed by atoms with Crippen molar-refractivity contribution in [2.24, 2.45) is 0 Å². The largest absolute Gasteiger partial charge is 0.378 e. The molecular weight excluding hydrogens is 591 g/mol. The SMILES string of the molecule is CC(C)c1nc(-c2cncc(NSc3c(F)cccc3F)c2)c(-c2ccnc(Nc3ccc(N4CCOCC4)nc3)n2)s1. The summed E-state index contributed by atoms with van der Waals surface area (Å²) in [5.74, 6) is 0.258. The highest BCUT2D eigenvalue weighted by Crippen LogP contribution is 2.39. The Morgan fingerprint density at radius 3 is 2.51 bits per heavy atom. The lowest BCUT2D eigenvalue weighted by atomic mass is 10.1. The van der Waals surface area contributed by atoms with Gasteiger partial charge < -0.3 is 19.7 Å². The third kappa shape index (κ3) is 6.74. The molecule has 1 saturated heterocycles. The number of ether oxygens (including phenoxy) is 1. The van der Waals surface area contributed by atoms with Crippen LogP contribution in [0.3, 0.4) is 0 Å². The maximum Gasteiger partial charge on any atom is 0.227 e. The molecule has 5 heterocycles. The topological polar surface area (TPSA) is 101 Å². The molecule has 1 fully saturated rings. The fourth-order valence-electron chi connectivity index (χ4n) is 4.38. The van der Waals surface area contributed by atoms with Gasteiger partial charge in [0, 0.05) is 37.0 Å². The number of anilines is 4. The average molecular weight is 619 g/mol. The third-order valence-electron chi connectivity index (χ3n) is 6.57. The number of pyridine rings is 2. The van der Waals surface area contributed by atoms with E-state index in [2.05, 4.69) is 43.7 Å². The van der Waals surface area contributed by atoms with Crippen LogP contribution in [0.5, 0.6) is 0 Å². The normalized spacial score (nSPS) is 13.4. The molecule has 4 aromatic heterocycles. The highest BCUT2D eigenvalue weighted by Gasteiger charge is 2.20. The van der Waals surface area contributed by atoms with Crippen molar-refractivity contribution in [1.82, 2.24) is 24.9 Å². The van der Waals surface area contributed by atoms with E-state index >= 15 is 0 Å². The molecule has 0 radical (unpaired) electrons. The summed E-state index contributed by atoms with van der Waals surface area (Å²) in [6.07, 6.45) is 6.78. The predicted molar refractivity (Wildman–Crippen MR) is 167 cm³/mol. The molecule has 9 nitrogen and oxygen atoms in total. The molecule has 0 amide bonds. The lowest BCUT2D eigenvalue weighted by molar-refractivity contribution is 0.122. The number of nitrogens with one attached hydrogen (secondary N) is 2. The average Bonchev–Trinajstić information content (AvgIpc) is 3.48. The number of hydrogen-bond acceptors (Lipinski definition) is 11. The Morgan fingerprint density at radius 1 is 0.953 bits per heavy atom. The van der Waals surface area contributed by atoms with Gasteiger partial charge in [-0.05, 0) is 48.3 Å². The first kappa shape index (κ1) is 28.9. The molecule has 0 aliphatic carbocycles. The molecule has 0 unspecified atom stereocenters. The molecule has 13 heteroatoms. The summed E-state index contributed by atoms with van der Waals surface area (Å²) < 4.78 is 36.7. The zero-order chi connectivity index (χ0) is 29.8. The Kier molecular flexibility index (Phi) is 8.72. The molecule has 1 aromatic carbocycles. The molecule has 1 aliphatic rings. The van der Waals surface area contributed by atoms with Crippen LogP contribution in [0, 0.1) is 11.6 Å². The first-order chi connectivity index (χ1) is 20.9. The van der Waals surface area contributed by atoms with E-state index in [-0.39, 0.29) is 10.8 Å². The Bertz CT molecular complexity index is 1690. The minimum absolute atomic E-state index is 0.115. The van der Waals surface area contributed by atoms with E-state index in [1.165, 1.54) is 18.2 Å². The molecule has 1 aliphatic heterocycles. The molecule has 5 aromatic rings. The number of thiazole rings is 1. The molecule has 0 saturated carbocycles. The van der Waals surface area contributed by atoms with Crippen LogP contribution in [0.2, 0.25) is 0 Å². The fraction of sp³-hybridized carbons (Fsp3) is 0.233. The summed E-state index contributed by atoms with van der Waals surface area (Å²) in [4.78, 5) is 26.0. The molecular formula is C30H28F2N8OS2. The van der Waals surface area contributed by atoms with Gasteiger partial charge in [-0.25, -0.2) is 28.7 Å². The van der Waals surface area contributed by atoms with Crippen molar-refractivity contribution in [3.8, 4) is 21.8 Å². The number of nitrogens with zero attached hydrogens (tertiary/aromatic N) is 6. The number of aromatic nitrogens is 5.